The van der Waals surface area contributed by atoms with Crippen molar-refractivity contribution in [3.05, 3.63) is 0 Å². The van der Waals surface area contributed by atoms with Gasteiger partial charge in [0.2, 0.25) is 0 Å². The maximum atomic E-state index is 2.39. The lowest BCUT2D eigenvalue weighted by Crippen LogP contribution is -2.16. The summed E-state index contributed by atoms with van der Waals surface area (Å²) in [5, 5.41) is 0. The Morgan fingerprint density at radius 3 is 2.20 bits per heavy atom. The summed E-state index contributed by atoms with van der Waals surface area (Å²) in [6.07, 6.45) is 6.23. The van der Waals surface area contributed by atoms with Crippen LogP contribution in [0.2, 0.25) is 5.72 Å². The first-order chi connectivity index (χ1) is 4.77. The van der Waals surface area contributed by atoms with Gasteiger partial charge in [0.05, 0.1) is 15.7 Å². The first kappa shape index (κ1) is 6.82. The Bertz CT molecular complexity index is 133. The van der Waals surface area contributed by atoms with Crippen molar-refractivity contribution in [2.45, 2.75) is 31.4 Å². The van der Waals surface area contributed by atoms with E-state index in [0.29, 0.717) is 0 Å². The molecule has 10 heavy (non-hydrogen) atoms. The summed E-state index contributed by atoms with van der Waals surface area (Å²) in [6.45, 7) is 0. The highest BCUT2D eigenvalue weighted by atomic mass is 14.4. The molecule has 0 spiro atoms. The molecule has 0 aliphatic heterocycles. The van der Waals surface area contributed by atoms with Crippen LogP contribution >= 0.6 is 0 Å². The van der Waals surface area contributed by atoms with Gasteiger partial charge in [-0.2, -0.15) is 0 Å². The molecular formula is C8H16B2. The molecule has 0 aromatic rings. The molecule has 2 bridgehead atoms. The van der Waals surface area contributed by atoms with Gasteiger partial charge < -0.3 is 0 Å². The number of hydrogen-bond acceptors (Lipinski definition) is 0. The molecule has 0 heterocycles. The Labute approximate surface area is 65.6 Å². The van der Waals surface area contributed by atoms with Crippen LogP contribution in [-0.2, 0) is 0 Å². The lowest BCUT2D eigenvalue weighted by molar-refractivity contribution is 0.348. The van der Waals surface area contributed by atoms with Crippen LogP contribution in [0.4, 0.5) is 0 Å². The predicted molar refractivity (Wildman–Crippen MR) is 49.8 cm³/mol. The minimum atomic E-state index is 0.954. The van der Waals surface area contributed by atoms with E-state index >= 15 is 0 Å². The fourth-order valence-electron chi connectivity index (χ4n) is 3.11. The van der Waals surface area contributed by atoms with E-state index in [1.807, 2.05) is 0 Å². The van der Waals surface area contributed by atoms with Crippen molar-refractivity contribution in [2.75, 3.05) is 0 Å². The summed E-state index contributed by atoms with van der Waals surface area (Å²) in [4.78, 5) is 0. The zero-order valence-electron chi connectivity index (χ0n) is 7.14. The van der Waals surface area contributed by atoms with Gasteiger partial charge in [0.15, 0.2) is 0 Å². The van der Waals surface area contributed by atoms with Crippen LogP contribution in [0.5, 0.6) is 0 Å². The molecule has 2 rings (SSSR count). The van der Waals surface area contributed by atoms with Crippen LogP contribution < -0.4 is 0 Å². The number of fused-ring (bicyclic) bond motifs is 2. The summed E-state index contributed by atoms with van der Waals surface area (Å²) in [7, 11) is 4.79. The average molecular weight is 134 g/mol. The Kier molecular flexibility index (Phi) is 1.58. The fourth-order valence-corrected chi connectivity index (χ4v) is 3.11. The Hall–Kier alpha value is 0.130. The summed E-state index contributed by atoms with van der Waals surface area (Å²) in [5.74, 6) is 3.36. The molecule has 2 aliphatic carbocycles. The molecule has 0 radical (unpaired) electrons. The normalized spacial score (nSPS) is 45.1. The van der Waals surface area contributed by atoms with Gasteiger partial charge in [-0.3, -0.25) is 0 Å². The molecule has 2 saturated carbocycles. The molecule has 2 heteroatoms. The van der Waals surface area contributed by atoms with Gasteiger partial charge >= 0.3 is 0 Å². The molecule has 0 nitrogen and oxygen atoms in total. The molecule has 2 aliphatic rings. The Morgan fingerprint density at radius 2 is 1.90 bits per heavy atom. The predicted octanol–water partition coefficient (Wildman–Crippen LogP) is 0.435. The molecule has 0 saturated heterocycles. The van der Waals surface area contributed by atoms with Crippen LogP contribution in [0.15, 0.2) is 0 Å². The largest absolute Gasteiger partial charge is 0.0960 e. The molecule has 3 atom stereocenters. The van der Waals surface area contributed by atoms with Gasteiger partial charge in [-0.25, -0.2) is 0 Å². The molecule has 0 aromatic heterocycles. The summed E-state index contributed by atoms with van der Waals surface area (Å²) >= 11 is 0. The van der Waals surface area contributed by atoms with Crippen molar-refractivity contribution >= 4 is 15.7 Å². The van der Waals surface area contributed by atoms with E-state index in [1.54, 1.807) is 25.7 Å². The lowest BCUT2D eigenvalue weighted by Gasteiger charge is -2.24. The number of hydrogen-bond donors (Lipinski definition) is 0. The van der Waals surface area contributed by atoms with E-state index in [-0.39, 0.29) is 0 Å². The van der Waals surface area contributed by atoms with Gasteiger partial charge in [-0.1, -0.05) is 12.1 Å². The topological polar surface area (TPSA) is 0 Å². The second kappa shape index (κ2) is 2.32. The summed E-state index contributed by atoms with van der Waals surface area (Å²) in [5.41, 5.74) is 0.954. The van der Waals surface area contributed by atoms with E-state index in [9.17, 15) is 0 Å². The molecule has 54 valence electrons. The van der Waals surface area contributed by atoms with Crippen LogP contribution in [0.1, 0.15) is 25.7 Å². The van der Waals surface area contributed by atoms with Gasteiger partial charge in [0.1, 0.15) is 0 Å². The first-order valence-corrected chi connectivity index (χ1v) is 4.77. The average Bonchev–Trinajstić information content (AvgIpc) is 2.44. The second-order valence-electron chi connectivity index (χ2n) is 4.58. The highest BCUT2D eigenvalue weighted by molar-refractivity contribution is 6.35. The molecule has 3 unspecified atom stereocenters. The van der Waals surface area contributed by atoms with Crippen LogP contribution in [0, 0.1) is 17.8 Å². The van der Waals surface area contributed by atoms with Crippen molar-refractivity contribution in [2.24, 2.45) is 17.8 Å². The van der Waals surface area contributed by atoms with Crippen LogP contribution in [0.25, 0.3) is 0 Å². The Balaban J connectivity index is 2.02. The van der Waals surface area contributed by atoms with E-state index in [1.165, 1.54) is 0 Å². The maximum Gasteiger partial charge on any atom is 0.0960 e. The third-order valence-corrected chi connectivity index (χ3v) is 3.65. The van der Waals surface area contributed by atoms with Gasteiger partial charge in [-0.05, 0) is 37.0 Å². The van der Waals surface area contributed by atoms with E-state index < -0.39 is 0 Å². The molecular weight excluding hydrogens is 118 g/mol. The van der Waals surface area contributed by atoms with Crippen molar-refractivity contribution in [1.82, 2.24) is 0 Å². The van der Waals surface area contributed by atoms with Gasteiger partial charge in [-0.15, -0.1) is 0 Å². The van der Waals surface area contributed by atoms with Crippen molar-refractivity contribution in [3.8, 4) is 0 Å². The zero-order valence-corrected chi connectivity index (χ0v) is 7.14. The minimum absolute atomic E-state index is 0.954. The van der Waals surface area contributed by atoms with Crippen molar-refractivity contribution in [1.29, 1.82) is 0 Å². The van der Waals surface area contributed by atoms with Gasteiger partial charge in [0, 0.05) is 0 Å². The van der Waals surface area contributed by atoms with Crippen LogP contribution in [0.3, 0.4) is 0 Å². The maximum absolute atomic E-state index is 2.39. The second-order valence-corrected chi connectivity index (χ2v) is 4.58. The van der Waals surface area contributed by atoms with Gasteiger partial charge in [0.25, 0.3) is 0 Å². The molecule has 0 N–H and O–H groups in total. The fraction of sp³-hybridized carbons (Fsp3) is 1.00. The molecule has 0 amide bonds. The van der Waals surface area contributed by atoms with E-state index in [4.69, 9.17) is 0 Å². The summed E-state index contributed by atoms with van der Waals surface area (Å²) < 4.78 is 0. The smallest absolute Gasteiger partial charge is 0.0929 e. The van der Waals surface area contributed by atoms with E-state index in [2.05, 4.69) is 15.7 Å². The highest BCUT2D eigenvalue weighted by Gasteiger charge is 2.40. The van der Waals surface area contributed by atoms with E-state index in [0.717, 1.165) is 23.5 Å². The first-order valence-electron chi connectivity index (χ1n) is 4.77. The Morgan fingerprint density at radius 1 is 1.10 bits per heavy atom. The quantitative estimate of drug-likeness (QED) is 0.456. The monoisotopic (exact) mass is 134 g/mol. The third kappa shape index (κ3) is 0.926. The number of rotatable bonds is 1. The minimum Gasteiger partial charge on any atom is -0.0929 e. The van der Waals surface area contributed by atoms with Crippen LogP contribution in [-0.4, -0.2) is 15.7 Å². The zero-order chi connectivity index (χ0) is 7.14. The third-order valence-electron chi connectivity index (χ3n) is 3.65. The highest BCUT2D eigenvalue weighted by Crippen LogP contribution is 2.51. The van der Waals surface area contributed by atoms with Crippen molar-refractivity contribution < 1.29 is 0 Å². The lowest BCUT2D eigenvalue weighted by atomic mass is 9.59. The standard InChI is InChI=1S/C8H16B2/c9-8(10)7-4-5-1-2-6(7)3-5/h5-8H,1-4,9-10H2. The molecule has 0 aromatic carbocycles. The molecule has 2 fully saturated rings. The SMILES string of the molecule is BC(B)C1CC2CCC1C2. The summed E-state index contributed by atoms with van der Waals surface area (Å²) in [6, 6.07) is 0. The van der Waals surface area contributed by atoms with Crippen molar-refractivity contribution in [3.63, 3.8) is 0 Å².